The predicted molar refractivity (Wildman–Crippen MR) is 70.5 cm³/mol. The molecule has 0 spiro atoms. The number of fused-ring (bicyclic) bond motifs is 1. The summed E-state index contributed by atoms with van der Waals surface area (Å²) in [4.78, 5) is 26.8. The van der Waals surface area contributed by atoms with Crippen LogP contribution in [0.4, 0.5) is 0 Å². The topological polar surface area (TPSA) is 62.0 Å². The quantitative estimate of drug-likeness (QED) is 0.640. The third-order valence-corrected chi connectivity index (χ3v) is 3.03. The normalized spacial score (nSPS) is 12.3. The van der Waals surface area contributed by atoms with Crippen LogP contribution >= 0.6 is 0 Å². The van der Waals surface area contributed by atoms with Gasteiger partial charge in [0.15, 0.2) is 0 Å². The summed E-state index contributed by atoms with van der Waals surface area (Å²) in [6.45, 7) is 3.83. The molecule has 0 aliphatic heterocycles. The maximum atomic E-state index is 12.0. The van der Waals surface area contributed by atoms with E-state index in [0.717, 1.165) is 17.3 Å². The van der Waals surface area contributed by atoms with Crippen molar-refractivity contribution >= 4 is 22.6 Å². The van der Waals surface area contributed by atoms with Crippen molar-refractivity contribution in [1.29, 1.82) is 0 Å². The van der Waals surface area contributed by atoms with E-state index in [-0.39, 0.29) is 6.04 Å². The molecule has 1 aromatic carbocycles. The van der Waals surface area contributed by atoms with Crippen LogP contribution in [0.2, 0.25) is 0 Å². The molecule has 1 atom stereocenters. The van der Waals surface area contributed by atoms with E-state index in [0.29, 0.717) is 5.56 Å². The molecular weight excluding hydrogens is 228 g/mol. The van der Waals surface area contributed by atoms with Crippen molar-refractivity contribution in [1.82, 2.24) is 10.3 Å². The van der Waals surface area contributed by atoms with Crippen molar-refractivity contribution in [3.8, 4) is 0 Å². The average Bonchev–Trinajstić information content (AvgIpc) is 2.81. The lowest BCUT2D eigenvalue weighted by Crippen LogP contribution is -2.37. The minimum atomic E-state index is -0.547. The molecule has 0 radical (unpaired) electrons. The Morgan fingerprint density at radius 2 is 2.06 bits per heavy atom. The molecule has 1 aromatic heterocycles. The molecule has 0 aliphatic rings. The van der Waals surface area contributed by atoms with Crippen LogP contribution in [0.1, 0.15) is 30.6 Å². The largest absolute Gasteiger partial charge is 0.360 e. The number of carbonyl (C=O) groups excluding carboxylic acids is 2. The third-order valence-electron chi connectivity index (χ3n) is 3.03. The Labute approximate surface area is 105 Å². The number of amides is 1. The van der Waals surface area contributed by atoms with Crippen LogP contribution in [0.25, 0.3) is 10.9 Å². The number of hydrogen-bond acceptors (Lipinski definition) is 2. The van der Waals surface area contributed by atoms with Crippen molar-refractivity contribution in [2.45, 2.75) is 26.3 Å². The maximum Gasteiger partial charge on any atom is 0.292 e. The fourth-order valence-corrected chi connectivity index (χ4v) is 1.77. The first-order valence-electron chi connectivity index (χ1n) is 6.04. The molecule has 18 heavy (non-hydrogen) atoms. The van der Waals surface area contributed by atoms with Crippen LogP contribution in [-0.2, 0) is 4.79 Å². The molecule has 2 N–H and O–H groups in total. The van der Waals surface area contributed by atoms with Crippen LogP contribution in [0.3, 0.4) is 0 Å². The molecule has 0 saturated heterocycles. The fourth-order valence-electron chi connectivity index (χ4n) is 1.77. The van der Waals surface area contributed by atoms with Crippen molar-refractivity contribution in [3.05, 3.63) is 36.0 Å². The molecule has 0 unspecified atom stereocenters. The zero-order valence-corrected chi connectivity index (χ0v) is 10.5. The van der Waals surface area contributed by atoms with Crippen LogP contribution in [0.15, 0.2) is 30.5 Å². The molecule has 0 bridgehead atoms. The molecule has 0 fully saturated rings. The van der Waals surface area contributed by atoms with Gasteiger partial charge in [0, 0.05) is 23.1 Å². The summed E-state index contributed by atoms with van der Waals surface area (Å²) < 4.78 is 0. The number of aromatic nitrogens is 1. The molecular formula is C14H16N2O2. The summed E-state index contributed by atoms with van der Waals surface area (Å²) in [5.74, 6) is -1.04. The molecule has 1 heterocycles. The molecule has 0 aliphatic carbocycles. The van der Waals surface area contributed by atoms with E-state index in [2.05, 4.69) is 10.3 Å². The first-order valence-corrected chi connectivity index (χ1v) is 6.04. The second-order valence-electron chi connectivity index (χ2n) is 4.36. The molecule has 4 nitrogen and oxygen atoms in total. The number of carbonyl (C=O) groups is 2. The molecule has 4 heteroatoms. The number of nitrogens with one attached hydrogen (secondary N) is 2. The molecule has 0 saturated carbocycles. The van der Waals surface area contributed by atoms with Crippen molar-refractivity contribution < 1.29 is 9.59 Å². The molecule has 94 valence electrons. The summed E-state index contributed by atoms with van der Waals surface area (Å²) in [7, 11) is 0. The Kier molecular flexibility index (Phi) is 3.46. The van der Waals surface area contributed by atoms with Crippen LogP contribution in [0, 0.1) is 0 Å². The maximum absolute atomic E-state index is 12.0. The van der Waals surface area contributed by atoms with E-state index < -0.39 is 11.7 Å². The van der Waals surface area contributed by atoms with Gasteiger partial charge in [-0.05, 0) is 19.4 Å². The Balaban J connectivity index is 2.26. The van der Waals surface area contributed by atoms with Crippen molar-refractivity contribution in [2.24, 2.45) is 0 Å². The van der Waals surface area contributed by atoms with E-state index in [4.69, 9.17) is 0 Å². The van der Waals surface area contributed by atoms with Crippen molar-refractivity contribution in [2.75, 3.05) is 0 Å². The van der Waals surface area contributed by atoms with Gasteiger partial charge in [-0.1, -0.05) is 25.1 Å². The second kappa shape index (κ2) is 5.04. The second-order valence-corrected chi connectivity index (χ2v) is 4.36. The number of para-hydroxylation sites is 1. The first kappa shape index (κ1) is 12.4. The number of H-pyrrole nitrogens is 1. The van der Waals surface area contributed by atoms with Gasteiger partial charge in [0.05, 0.1) is 5.56 Å². The minimum Gasteiger partial charge on any atom is -0.360 e. The zero-order valence-electron chi connectivity index (χ0n) is 10.5. The first-order chi connectivity index (χ1) is 8.63. The fraction of sp³-hybridized carbons (Fsp3) is 0.286. The third kappa shape index (κ3) is 2.27. The zero-order chi connectivity index (χ0) is 13.1. The predicted octanol–water partition coefficient (Wildman–Crippen LogP) is 2.27. The van der Waals surface area contributed by atoms with E-state index in [1.54, 1.807) is 6.20 Å². The number of rotatable bonds is 4. The SMILES string of the molecule is CC[C@@H](C)NC(=O)C(=O)c1c[nH]c2ccccc12. The van der Waals surface area contributed by atoms with Gasteiger partial charge in [0.2, 0.25) is 0 Å². The monoisotopic (exact) mass is 244 g/mol. The van der Waals surface area contributed by atoms with E-state index >= 15 is 0 Å². The Morgan fingerprint density at radius 3 is 2.78 bits per heavy atom. The van der Waals surface area contributed by atoms with Crippen LogP contribution in [-0.4, -0.2) is 22.7 Å². The van der Waals surface area contributed by atoms with Gasteiger partial charge in [-0.15, -0.1) is 0 Å². The Bertz CT molecular complexity index is 586. The van der Waals surface area contributed by atoms with Crippen molar-refractivity contribution in [3.63, 3.8) is 0 Å². The highest BCUT2D eigenvalue weighted by atomic mass is 16.2. The highest BCUT2D eigenvalue weighted by Crippen LogP contribution is 2.18. The number of aromatic amines is 1. The number of benzene rings is 1. The molecule has 2 rings (SSSR count). The van der Waals surface area contributed by atoms with E-state index in [1.165, 1.54) is 0 Å². The average molecular weight is 244 g/mol. The Hall–Kier alpha value is -2.10. The van der Waals surface area contributed by atoms with Gasteiger partial charge in [0.1, 0.15) is 0 Å². The lowest BCUT2D eigenvalue weighted by atomic mass is 10.1. The minimum absolute atomic E-state index is 0.00616. The summed E-state index contributed by atoms with van der Waals surface area (Å²) in [6, 6.07) is 7.44. The van der Waals surface area contributed by atoms with Crippen LogP contribution < -0.4 is 5.32 Å². The Morgan fingerprint density at radius 1 is 1.33 bits per heavy atom. The van der Waals surface area contributed by atoms with Gasteiger partial charge in [0.25, 0.3) is 11.7 Å². The van der Waals surface area contributed by atoms with Gasteiger partial charge in [-0.2, -0.15) is 0 Å². The summed E-state index contributed by atoms with van der Waals surface area (Å²) in [5, 5.41) is 3.46. The highest BCUT2D eigenvalue weighted by Gasteiger charge is 2.20. The molecule has 2 aromatic rings. The van der Waals surface area contributed by atoms with E-state index in [1.807, 2.05) is 38.1 Å². The lowest BCUT2D eigenvalue weighted by Gasteiger charge is -2.09. The summed E-state index contributed by atoms with van der Waals surface area (Å²) in [6.07, 6.45) is 2.39. The number of Topliss-reactive ketones (excluding diaryl/α,β-unsaturated/α-hetero) is 1. The van der Waals surface area contributed by atoms with E-state index in [9.17, 15) is 9.59 Å². The van der Waals surface area contributed by atoms with Gasteiger partial charge < -0.3 is 10.3 Å². The van der Waals surface area contributed by atoms with Gasteiger partial charge in [-0.3, -0.25) is 9.59 Å². The number of hydrogen-bond donors (Lipinski definition) is 2. The summed E-state index contributed by atoms with van der Waals surface area (Å²) in [5.41, 5.74) is 1.28. The highest BCUT2D eigenvalue weighted by molar-refractivity contribution is 6.45. The smallest absolute Gasteiger partial charge is 0.292 e. The standard InChI is InChI=1S/C14H16N2O2/c1-3-9(2)16-14(18)13(17)11-8-15-12-7-5-4-6-10(11)12/h4-9,15H,3H2,1-2H3,(H,16,18)/t9-/m1/s1. The number of ketones is 1. The molecule has 1 amide bonds. The van der Waals surface area contributed by atoms with Crippen LogP contribution in [0.5, 0.6) is 0 Å². The lowest BCUT2D eigenvalue weighted by molar-refractivity contribution is -0.117. The van der Waals surface area contributed by atoms with Gasteiger partial charge >= 0.3 is 0 Å². The van der Waals surface area contributed by atoms with Gasteiger partial charge in [-0.25, -0.2) is 0 Å². The summed E-state index contributed by atoms with van der Waals surface area (Å²) >= 11 is 0.